The fraction of sp³-hybridized carbons (Fsp3) is 0.600. The molecule has 1 atom stereocenters. The lowest BCUT2D eigenvalue weighted by Crippen LogP contribution is -2.38. The summed E-state index contributed by atoms with van der Waals surface area (Å²) in [5.74, 6) is 2.12. The number of carbonyl (C=O) groups excluding carboxylic acids is 1. The number of amides is 1. The van der Waals surface area contributed by atoms with Crippen molar-refractivity contribution in [3.63, 3.8) is 0 Å². The predicted molar refractivity (Wildman–Crippen MR) is 67.6 cm³/mol. The molecule has 16 heavy (non-hydrogen) atoms. The normalized spacial score (nSPS) is 22.3. The van der Waals surface area contributed by atoms with Crippen LogP contribution >= 0.6 is 23.1 Å². The van der Waals surface area contributed by atoms with Crippen LogP contribution in [-0.4, -0.2) is 34.6 Å². The van der Waals surface area contributed by atoms with Crippen molar-refractivity contribution in [1.29, 1.82) is 0 Å². The average Bonchev–Trinajstić information content (AvgIpc) is 2.66. The molecule has 1 fully saturated rings. The number of hydrogen-bond acceptors (Lipinski definition) is 4. The SMILES string of the molecule is Cn1ccsc1=NC(=O)CC1CSCCN1. The van der Waals surface area contributed by atoms with E-state index < -0.39 is 0 Å². The van der Waals surface area contributed by atoms with Crippen LogP contribution in [0.1, 0.15) is 6.42 Å². The minimum absolute atomic E-state index is 0.0296. The minimum atomic E-state index is -0.0296. The monoisotopic (exact) mass is 257 g/mol. The molecule has 2 rings (SSSR count). The highest BCUT2D eigenvalue weighted by molar-refractivity contribution is 7.99. The number of carbonyl (C=O) groups is 1. The Morgan fingerprint density at radius 3 is 3.25 bits per heavy atom. The Hall–Kier alpha value is -0.590. The van der Waals surface area contributed by atoms with Crippen LogP contribution in [0.3, 0.4) is 0 Å². The largest absolute Gasteiger partial charge is 0.327 e. The van der Waals surface area contributed by atoms with E-state index in [0.29, 0.717) is 12.5 Å². The van der Waals surface area contributed by atoms with Crippen molar-refractivity contribution in [1.82, 2.24) is 9.88 Å². The van der Waals surface area contributed by atoms with E-state index in [-0.39, 0.29) is 5.91 Å². The van der Waals surface area contributed by atoms with Gasteiger partial charge in [0.15, 0.2) is 4.80 Å². The van der Waals surface area contributed by atoms with E-state index in [4.69, 9.17) is 0 Å². The second-order valence-electron chi connectivity index (χ2n) is 3.73. The second-order valence-corrected chi connectivity index (χ2v) is 5.75. The van der Waals surface area contributed by atoms with Gasteiger partial charge in [0.25, 0.3) is 0 Å². The lowest BCUT2D eigenvalue weighted by molar-refractivity contribution is -0.118. The van der Waals surface area contributed by atoms with Crippen LogP contribution in [0.4, 0.5) is 0 Å². The number of nitrogens with zero attached hydrogens (tertiary/aromatic N) is 2. The maximum Gasteiger partial charge on any atom is 0.249 e. The van der Waals surface area contributed by atoms with Gasteiger partial charge in [-0.05, 0) is 0 Å². The predicted octanol–water partition coefficient (Wildman–Crippen LogP) is 0.609. The van der Waals surface area contributed by atoms with Crippen LogP contribution in [0.5, 0.6) is 0 Å². The summed E-state index contributed by atoms with van der Waals surface area (Å²) < 4.78 is 1.87. The molecular formula is C10H15N3OS2. The van der Waals surface area contributed by atoms with Crippen molar-refractivity contribution in [3.05, 3.63) is 16.4 Å². The lowest BCUT2D eigenvalue weighted by Gasteiger charge is -2.21. The van der Waals surface area contributed by atoms with Crippen LogP contribution in [0.25, 0.3) is 0 Å². The summed E-state index contributed by atoms with van der Waals surface area (Å²) in [5, 5.41) is 5.27. The van der Waals surface area contributed by atoms with Crippen molar-refractivity contribution < 1.29 is 4.79 Å². The molecule has 0 spiro atoms. The van der Waals surface area contributed by atoms with Crippen LogP contribution in [0.2, 0.25) is 0 Å². The molecule has 1 aromatic rings. The molecule has 0 bridgehead atoms. The molecule has 1 amide bonds. The summed E-state index contributed by atoms with van der Waals surface area (Å²) in [6, 6.07) is 0.292. The maximum atomic E-state index is 11.7. The Kier molecular flexibility index (Phi) is 4.20. The van der Waals surface area contributed by atoms with Crippen LogP contribution < -0.4 is 10.1 Å². The molecule has 1 unspecified atom stereocenters. The topological polar surface area (TPSA) is 46.4 Å². The smallest absolute Gasteiger partial charge is 0.249 e. The summed E-state index contributed by atoms with van der Waals surface area (Å²) >= 11 is 3.39. The van der Waals surface area contributed by atoms with Gasteiger partial charge in [-0.3, -0.25) is 4.79 Å². The summed E-state index contributed by atoms with van der Waals surface area (Å²) in [6.45, 7) is 0.995. The van der Waals surface area contributed by atoms with Gasteiger partial charge in [-0.1, -0.05) is 0 Å². The van der Waals surface area contributed by atoms with Crippen molar-refractivity contribution in [3.8, 4) is 0 Å². The summed E-state index contributed by atoms with van der Waals surface area (Å²) in [4.78, 5) is 16.6. The quantitative estimate of drug-likeness (QED) is 0.844. The van der Waals surface area contributed by atoms with E-state index in [0.717, 1.165) is 22.9 Å². The Morgan fingerprint density at radius 1 is 1.75 bits per heavy atom. The highest BCUT2D eigenvalue weighted by Gasteiger charge is 2.16. The average molecular weight is 257 g/mol. The molecular weight excluding hydrogens is 242 g/mol. The molecule has 0 saturated carbocycles. The van der Waals surface area contributed by atoms with Gasteiger partial charge in [0.1, 0.15) is 0 Å². The zero-order chi connectivity index (χ0) is 11.4. The van der Waals surface area contributed by atoms with Gasteiger partial charge in [-0.25, -0.2) is 0 Å². The first-order valence-corrected chi connectivity index (χ1v) is 7.28. The van der Waals surface area contributed by atoms with E-state index in [1.54, 1.807) is 0 Å². The first kappa shape index (κ1) is 11.9. The standard InChI is InChI=1S/C10H15N3OS2/c1-13-3-5-16-10(13)12-9(14)6-8-7-15-4-2-11-8/h3,5,8,11H,2,4,6-7H2,1H3. The molecule has 1 N–H and O–H groups in total. The molecule has 4 nitrogen and oxygen atoms in total. The van der Waals surface area contributed by atoms with E-state index in [1.165, 1.54) is 11.3 Å². The fourth-order valence-corrected chi connectivity index (χ4v) is 3.24. The maximum absolute atomic E-state index is 11.7. The Labute approximate surface area is 103 Å². The third-order valence-electron chi connectivity index (χ3n) is 2.40. The molecule has 1 aromatic heterocycles. The molecule has 1 aliphatic heterocycles. The van der Waals surface area contributed by atoms with Gasteiger partial charge >= 0.3 is 0 Å². The third-order valence-corrected chi connectivity index (χ3v) is 4.38. The number of aromatic nitrogens is 1. The summed E-state index contributed by atoms with van der Waals surface area (Å²) in [5.41, 5.74) is 0. The minimum Gasteiger partial charge on any atom is -0.327 e. The molecule has 1 saturated heterocycles. The summed E-state index contributed by atoms with van der Waals surface area (Å²) in [7, 11) is 1.90. The number of hydrogen-bond donors (Lipinski definition) is 1. The van der Waals surface area contributed by atoms with E-state index in [1.807, 2.05) is 35.0 Å². The van der Waals surface area contributed by atoms with Gasteiger partial charge in [-0.15, -0.1) is 11.3 Å². The van der Waals surface area contributed by atoms with Crippen LogP contribution in [-0.2, 0) is 11.8 Å². The number of rotatable bonds is 2. The molecule has 1 aliphatic rings. The zero-order valence-corrected chi connectivity index (χ0v) is 10.8. The molecule has 6 heteroatoms. The van der Waals surface area contributed by atoms with Crippen molar-refractivity contribution >= 4 is 29.0 Å². The molecule has 0 aromatic carbocycles. The van der Waals surface area contributed by atoms with Crippen molar-refractivity contribution in [2.75, 3.05) is 18.1 Å². The highest BCUT2D eigenvalue weighted by Crippen LogP contribution is 2.10. The Bertz CT molecular complexity index is 418. The van der Waals surface area contributed by atoms with Crippen molar-refractivity contribution in [2.24, 2.45) is 12.0 Å². The molecule has 88 valence electrons. The number of aryl methyl sites for hydroxylation is 1. The van der Waals surface area contributed by atoms with Gasteiger partial charge in [0.05, 0.1) is 0 Å². The number of thiazole rings is 1. The van der Waals surface area contributed by atoms with Gasteiger partial charge in [0, 0.05) is 49.1 Å². The zero-order valence-electron chi connectivity index (χ0n) is 9.18. The van der Waals surface area contributed by atoms with Gasteiger partial charge in [-0.2, -0.15) is 16.8 Å². The Balaban J connectivity index is 1.96. The summed E-state index contributed by atoms with van der Waals surface area (Å²) in [6.07, 6.45) is 2.41. The first-order chi connectivity index (χ1) is 7.75. The van der Waals surface area contributed by atoms with Gasteiger partial charge in [0.2, 0.25) is 5.91 Å². The number of thioether (sulfide) groups is 1. The van der Waals surface area contributed by atoms with Crippen LogP contribution in [0, 0.1) is 0 Å². The molecule has 0 aliphatic carbocycles. The highest BCUT2D eigenvalue weighted by atomic mass is 32.2. The lowest BCUT2D eigenvalue weighted by atomic mass is 10.2. The fourth-order valence-electron chi connectivity index (χ4n) is 1.55. The van der Waals surface area contributed by atoms with Crippen LogP contribution in [0.15, 0.2) is 16.6 Å². The second kappa shape index (κ2) is 5.65. The van der Waals surface area contributed by atoms with E-state index in [9.17, 15) is 4.79 Å². The molecule has 0 radical (unpaired) electrons. The third kappa shape index (κ3) is 3.20. The van der Waals surface area contributed by atoms with Crippen molar-refractivity contribution in [2.45, 2.75) is 12.5 Å². The first-order valence-electron chi connectivity index (χ1n) is 5.24. The molecule has 2 heterocycles. The Morgan fingerprint density at radius 2 is 2.62 bits per heavy atom. The van der Waals surface area contributed by atoms with E-state index >= 15 is 0 Å². The van der Waals surface area contributed by atoms with E-state index in [2.05, 4.69) is 10.3 Å². The van der Waals surface area contributed by atoms with Gasteiger partial charge < -0.3 is 9.88 Å². The number of nitrogens with one attached hydrogen (secondary N) is 1.